The standard InChI is InChI=1S/C29H34N4O/c1-29(2,18-21-13-14-22-8-3-4-9-23(22)16-21)30-19-28(34)27-12-7-15-33(27)20-25-17-24-10-5-6-11-26(24)32-31-25/h3-6,8-11,13-14,16-17,27-28,30,34H,7,12,15,18-20H2,1-2H3/t27-,28-/m1/s1. The van der Waals surface area contributed by atoms with E-state index < -0.39 is 6.10 Å². The van der Waals surface area contributed by atoms with Crippen LogP contribution in [0.15, 0.2) is 72.8 Å². The van der Waals surface area contributed by atoms with Gasteiger partial charge in [-0.05, 0) is 68.1 Å². The number of aromatic nitrogens is 2. The minimum absolute atomic E-state index is 0.114. The van der Waals surface area contributed by atoms with Gasteiger partial charge in [-0.15, -0.1) is 0 Å². The lowest BCUT2D eigenvalue weighted by Gasteiger charge is -2.32. The van der Waals surface area contributed by atoms with E-state index in [-0.39, 0.29) is 11.6 Å². The van der Waals surface area contributed by atoms with E-state index >= 15 is 0 Å². The highest BCUT2D eigenvalue weighted by Crippen LogP contribution is 2.24. The summed E-state index contributed by atoms with van der Waals surface area (Å²) in [6.07, 6.45) is 2.59. The maximum atomic E-state index is 11.1. The Morgan fingerprint density at radius 3 is 2.59 bits per heavy atom. The lowest BCUT2D eigenvalue weighted by atomic mass is 9.93. The average molecular weight is 455 g/mol. The van der Waals surface area contributed by atoms with Gasteiger partial charge >= 0.3 is 0 Å². The third-order valence-corrected chi connectivity index (χ3v) is 7.02. The molecule has 1 fully saturated rings. The first kappa shape index (κ1) is 22.9. The fraction of sp³-hybridized carbons (Fsp3) is 0.379. The number of aliphatic hydroxyl groups is 1. The lowest BCUT2D eigenvalue weighted by Crippen LogP contribution is -2.50. The van der Waals surface area contributed by atoms with Crippen molar-refractivity contribution in [1.29, 1.82) is 0 Å². The number of nitrogens with zero attached hydrogens (tertiary/aromatic N) is 3. The van der Waals surface area contributed by atoms with E-state index in [4.69, 9.17) is 0 Å². The summed E-state index contributed by atoms with van der Waals surface area (Å²) >= 11 is 0. The average Bonchev–Trinajstić information content (AvgIpc) is 3.30. The van der Waals surface area contributed by atoms with Crippen molar-refractivity contribution in [1.82, 2.24) is 20.4 Å². The van der Waals surface area contributed by atoms with Crippen molar-refractivity contribution in [3.8, 4) is 0 Å². The van der Waals surface area contributed by atoms with Gasteiger partial charge in [0.1, 0.15) is 0 Å². The minimum atomic E-state index is -0.424. The number of fused-ring (bicyclic) bond motifs is 2. The molecule has 0 aliphatic carbocycles. The largest absolute Gasteiger partial charge is 0.390 e. The van der Waals surface area contributed by atoms with Gasteiger partial charge in [0, 0.05) is 30.1 Å². The van der Waals surface area contributed by atoms with E-state index in [2.05, 4.69) is 88.9 Å². The zero-order chi connectivity index (χ0) is 23.5. The molecule has 2 heterocycles. The lowest BCUT2D eigenvalue weighted by molar-refractivity contribution is 0.0626. The number of hydrogen-bond acceptors (Lipinski definition) is 5. The van der Waals surface area contributed by atoms with E-state index in [1.807, 2.05) is 18.2 Å². The van der Waals surface area contributed by atoms with Gasteiger partial charge < -0.3 is 10.4 Å². The molecule has 0 bridgehead atoms. The summed E-state index contributed by atoms with van der Waals surface area (Å²) in [6, 6.07) is 25.5. The Kier molecular flexibility index (Phi) is 6.59. The number of β-amino-alcohol motifs (C(OH)–C–C–N with tert-alkyl or cyclic N) is 1. The molecule has 0 spiro atoms. The van der Waals surface area contributed by atoms with Crippen LogP contribution in [0.25, 0.3) is 21.7 Å². The molecule has 34 heavy (non-hydrogen) atoms. The zero-order valence-electron chi connectivity index (χ0n) is 20.1. The van der Waals surface area contributed by atoms with Crippen LogP contribution in [-0.4, -0.2) is 51.0 Å². The highest BCUT2D eigenvalue weighted by molar-refractivity contribution is 5.83. The van der Waals surface area contributed by atoms with Crippen LogP contribution in [0.2, 0.25) is 0 Å². The fourth-order valence-electron chi connectivity index (χ4n) is 5.23. The summed E-state index contributed by atoms with van der Waals surface area (Å²) in [5.74, 6) is 0. The van der Waals surface area contributed by atoms with Crippen LogP contribution >= 0.6 is 0 Å². The predicted molar refractivity (Wildman–Crippen MR) is 139 cm³/mol. The molecule has 1 aromatic heterocycles. The summed E-state index contributed by atoms with van der Waals surface area (Å²) in [7, 11) is 0. The smallest absolute Gasteiger partial charge is 0.0929 e. The van der Waals surface area contributed by atoms with Crippen LogP contribution in [0, 0.1) is 0 Å². The molecule has 2 N–H and O–H groups in total. The highest BCUT2D eigenvalue weighted by Gasteiger charge is 2.32. The van der Waals surface area contributed by atoms with E-state index in [1.165, 1.54) is 16.3 Å². The third-order valence-electron chi connectivity index (χ3n) is 7.02. The van der Waals surface area contributed by atoms with E-state index in [1.54, 1.807) is 0 Å². The number of aliphatic hydroxyl groups excluding tert-OH is 1. The van der Waals surface area contributed by atoms with Gasteiger partial charge in [0.15, 0.2) is 0 Å². The van der Waals surface area contributed by atoms with Crippen LogP contribution in [0.4, 0.5) is 0 Å². The molecule has 5 rings (SSSR count). The first-order chi connectivity index (χ1) is 16.5. The Bertz CT molecular complexity index is 1270. The van der Waals surface area contributed by atoms with E-state index in [9.17, 15) is 5.11 Å². The number of hydrogen-bond donors (Lipinski definition) is 2. The molecule has 4 aromatic rings. The van der Waals surface area contributed by atoms with Gasteiger partial charge in [-0.1, -0.05) is 60.7 Å². The summed E-state index contributed by atoms with van der Waals surface area (Å²) in [5, 5.41) is 27.2. The van der Waals surface area contributed by atoms with Crippen molar-refractivity contribution in [2.45, 2.75) is 57.3 Å². The summed E-state index contributed by atoms with van der Waals surface area (Å²) in [4.78, 5) is 2.36. The van der Waals surface area contributed by atoms with E-state index in [0.29, 0.717) is 6.54 Å². The van der Waals surface area contributed by atoms with E-state index in [0.717, 1.165) is 48.9 Å². The Labute approximate surface area is 201 Å². The molecular weight excluding hydrogens is 420 g/mol. The van der Waals surface area contributed by atoms with Crippen LogP contribution in [0.1, 0.15) is 37.9 Å². The van der Waals surface area contributed by atoms with Gasteiger partial charge in [0.05, 0.1) is 17.3 Å². The summed E-state index contributed by atoms with van der Waals surface area (Å²) in [6.45, 7) is 6.71. The highest BCUT2D eigenvalue weighted by atomic mass is 16.3. The van der Waals surface area contributed by atoms with Crippen LogP contribution in [0.5, 0.6) is 0 Å². The molecule has 5 heteroatoms. The molecule has 0 amide bonds. The number of nitrogens with one attached hydrogen (secondary N) is 1. The van der Waals surface area contributed by atoms with Crippen molar-refractivity contribution in [3.63, 3.8) is 0 Å². The Morgan fingerprint density at radius 1 is 0.971 bits per heavy atom. The molecule has 3 aromatic carbocycles. The molecular formula is C29H34N4O. The topological polar surface area (TPSA) is 61.3 Å². The van der Waals surface area contributed by atoms with Crippen LogP contribution in [0.3, 0.4) is 0 Å². The fourth-order valence-corrected chi connectivity index (χ4v) is 5.23. The Balaban J connectivity index is 1.19. The minimum Gasteiger partial charge on any atom is -0.390 e. The predicted octanol–water partition coefficient (Wildman–Crippen LogP) is 4.72. The van der Waals surface area contributed by atoms with Crippen molar-refractivity contribution in [2.75, 3.05) is 13.1 Å². The van der Waals surface area contributed by atoms with Gasteiger partial charge in [-0.3, -0.25) is 4.90 Å². The normalized spacial score (nSPS) is 18.0. The first-order valence-electron chi connectivity index (χ1n) is 12.3. The van der Waals surface area contributed by atoms with Gasteiger partial charge in [-0.25, -0.2) is 0 Å². The number of likely N-dealkylation sites (tertiary alicyclic amines) is 1. The number of benzene rings is 3. The second kappa shape index (κ2) is 9.79. The SMILES string of the molecule is CC(C)(Cc1ccc2ccccc2c1)NC[C@@H](O)[C@H]1CCCN1Cc1cc2ccccc2nn1. The molecule has 0 radical (unpaired) electrons. The first-order valence-corrected chi connectivity index (χ1v) is 12.3. The molecule has 176 valence electrons. The molecule has 0 unspecified atom stereocenters. The van der Waals surface area contributed by atoms with Crippen LogP contribution < -0.4 is 5.32 Å². The monoisotopic (exact) mass is 454 g/mol. The summed E-state index contributed by atoms with van der Waals surface area (Å²) in [5.41, 5.74) is 3.07. The second-order valence-electron chi connectivity index (χ2n) is 10.3. The zero-order valence-corrected chi connectivity index (χ0v) is 20.1. The number of rotatable bonds is 8. The maximum absolute atomic E-state index is 11.1. The maximum Gasteiger partial charge on any atom is 0.0929 e. The molecule has 1 saturated heterocycles. The molecule has 5 nitrogen and oxygen atoms in total. The van der Waals surface area contributed by atoms with Gasteiger partial charge in [0.2, 0.25) is 0 Å². The second-order valence-corrected chi connectivity index (χ2v) is 10.3. The van der Waals surface area contributed by atoms with Crippen molar-refractivity contribution in [3.05, 3.63) is 84.1 Å². The van der Waals surface area contributed by atoms with Gasteiger partial charge in [0.25, 0.3) is 0 Å². The van der Waals surface area contributed by atoms with Crippen LogP contribution in [-0.2, 0) is 13.0 Å². The third kappa shape index (κ3) is 5.27. The quantitative estimate of drug-likeness (QED) is 0.403. The molecule has 1 aliphatic heterocycles. The van der Waals surface area contributed by atoms with Gasteiger partial charge in [-0.2, -0.15) is 10.2 Å². The Morgan fingerprint density at radius 2 is 1.74 bits per heavy atom. The summed E-state index contributed by atoms with van der Waals surface area (Å²) < 4.78 is 0. The molecule has 0 saturated carbocycles. The van der Waals surface area contributed by atoms with Crippen molar-refractivity contribution >= 4 is 21.7 Å². The Hall–Kier alpha value is -2.86. The van der Waals surface area contributed by atoms with Crippen molar-refractivity contribution < 1.29 is 5.11 Å². The molecule has 2 atom stereocenters. The molecule has 1 aliphatic rings. The van der Waals surface area contributed by atoms with Crippen molar-refractivity contribution in [2.24, 2.45) is 0 Å².